The van der Waals surface area contributed by atoms with Gasteiger partial charge < -0.3 is 10.6 Å². The number of carbonyl (C=O) groups excluding carboxylic acids is 1. The molecule has 0 aromatic carbocycles. The van der Waals surface area contributed by atoms with Crippen molar-refractivity contribution < 1.29 is 4.79 Å². The summed E-state index contributed by atoms with van der Waals surface area (Å²) in [6.45, 7) is 1.11. The summed E-state index contributed by atoms with van der Waals surface area (Å²) >= 11 is 5.04. The highest BCUT2D eigenvalue weighted by molar-refractivity contribution is 9.10. The number of halogens is 1. The number of nitrogens with one attached hydrogen (secondary N) is 2. The van der Waals surface area contributed by atoms with E-state index in [9.17, 15) is 4.79 Å². The normalized spacial score (nSPS) is 10.0. The lowest BCUT2D eigenvalue weighted by atomic mass is 10.4. The largest absolute Gasteiger partial charge is 0.358 e. The second-order valence-corrected chi connectivity index (χ2v) is 4.42. The van der Waals surface area contributed by atoms with Gasteiger partial charge in [-0.3, -0.25) is 4.79 Å². The van der Waals surface area contributed by atoms with E-state index in [1.54, 1.807) is 18.4 Å². The molecule has 0 unspecified atom stereocenters. The van der Waals surface area contributed by atoms with E-state index in [0.29, 0.717) is 6.54 Å². The Balaban J connectivity index is 2.24. The first-order valence-electron chi connectivity index (χ1n) is 3.86. The Morgan fingerprint density at radius 1 is 1.69 bits per heavy atom. The van der Waals surface area contributed by atoms with Gasteiger partial charge in [-0.25, -0.2) is 0 Å². The first-order valence-corrected chi connectivity index (χ1v) is 5.54. The van der Waals surface area contributed by atoms with E-state index in [2.05, 4.69) is 26.6 Å². The highest BCUT2D eigenvalue weighted by Crippen LogP contribution is 2.19. The summed E-state index contributed by atoms with van der Waals surface area (Å²) < 4.78 is 1.09. The molecule has 1 amide bonds. The average molecular weight is 263 g/mol. The van der Waals surface area contributed by atoms with Gasteiger partial charge in [-0.15, -0.1) is 11.3 Å². The molecule has 1 rings (SSSR count). The fraction of sp³-hybridized carbons (Fsp3) is 0.375. The van der Waals surface area contributed by atoms with Crippen LogP contribution in [0.5, 0.6) is 0 Å². The standard InChI is InChI=1S/C8H11BrN2OS/c1-10-8(12)4-11-3-7-2-6(9)5-13-7/h2,5,11H,3-4H2,1H3,(H,10,12). The van der Waals surface area contributed by atoms with Crippen molar-refractivity contribution in [2.24, 2.45) is 0 Å². The van der Waals surface area contributed by atoms with Crippen LogP contribution in [-0.4, -0.2) is 19.5 Å². The van der Waals surface area contributed by atoms with Crippen LogP contribution in [0.4, 0.5) is 0 Å². The molecule has 13 heavy (non-hydrogen) atoms. The minimum Gasteiger partial charge on any atom is -0.358 e. The van der Waals surface area contributed by atoms with Crippen LogP contribution in [0.15, 0.2) is 15.9 Å². The molecule has 0 spiro atoms. The van der Waals surface area contributed by atoms with Crippen molar-refractivity contribution in [3.63, 3.8) is 0 Å². The molecule has 0 atom stereocenters. The molecule has 1 aromatic heterocycles. The lowest BCUT2D eigenvalue weighted by Crippen LogP contribution is -2.30. The zero-order chi connectivity index (χ0) is 9.68. The van der Waals surface area contributed by atoms with Crippen molar-refractivity contribution in [1.82, 2.24) is 10.6 Å². The first kappa shape index (κ1) is 10.7. The van der Waals surface area contributed by atoms with Gasteiger partial charge in [-0.1, -0.05) is 0 Å². The summed E-state index contributed by atoms with van der Waals surface area (Å²) in [6, 6.07) is 2.04. The van der Waals surface area contributed by atoms with E-state index in [1.165, 1.54) is 4.88 Å². The number of likely N-dealkylation sites (N-methyl/N-ethyl adjacent to an activating group) is 1. The topological polar surface area (TPSA) is 41.1 Å². The highest BCUT2D eigenvalue weighted by Gasteiger charge is 1.99. The molecular weight excluding hydrogens is 252 g/mol. The van der Waals surface area contributed by atoms with Gasteiger partial charge in [0.15, 0.2) is 0 Å². The molecule has 0 saturated carbocycles. The molecule has 1 aromatic rings. The summed E-state index contributed by atoms with van der Waals surface area (Å²) in [6.07, 6.45) is 0. The molecule has 72 valence electrons. The summed E-state index contributed by atoms with van der Waals surface area (Å²) in [7, 11) is 1.63. The van der Waals surface area contributed by atoms with Crippen molar-refractivity contribution >= 4 is 33.2 Å². The predicted octanol–water partition coefficient (Wildman–Crippen LogP) is 1.35. The van der Waals surface area contributed by atoms with Crippen LogP contribution in [0.25, 0.3) is 0 Å². The van der Waals surface area contributed by atoms with Gasteiger partial charge in [-0.05, 0) is 22.0 Å². The smallest absolute Gasteiger partial charge is 0.233 e. The predicted molar refractivity (Wildman–Crippen MR) is 57.8 cm³/mol. The van der Waals surface area contributed by atoms with E-state index in [-0.39, 0.29) is 5.91 Å². The van der Waals surface area contributed by atoms with E-state index >= 15 is 0 Å². The number of hydrogen-bond acceptors (Lipinski definition) is 3. The summed E-state index contributed by atoms with van der Waals surface area (Å²) in [4.78, 5) is 12.0. The molecule has 5 heteroatoms. The highest BCUT2D eigenvalue weighted by atomic mass is 79.9. The maximum Gasteiger partial charge on any atom is 0.233 e. The second-order valence-electron chi connectivity index (χ2n) is 2.51. The Labute approximate surface area is 89.7 Å². The van der Waals surface area contributed by atoms with Gasteiger partial charge in [-0.2, -0.15) is 0 Å². The van der Waals surface area contributed by atoms with E-state index in [4.69, 9.17) is 0 Å². The van der Waals surface area contributed by atoms with Crippen LogP contribution in [0.2, 0.25) is 0 Å². The van der Waals surface area contributed by atoms with Crippen molar-refractivity contribution in [2.45, 2.75) is 6.54 Å². The van der Waals surface area contributed by atoms with Gasteiger partial charge in [0.2, 0.25) is 5.91 Å². The zero-order valence-electron chi connectivity index (χ0n) is 7.26. The minimum atomic E-state index is 0.00984. The number of hydrogen-bond donors (Lipinski definition) is 2. The van der Waals surface area contributed by atoms with Gasteiger partial charge >= 0.3 is 0 Å². The molecule has 0 aliphatic carbocycles. The SMILES string of the molecule is CNC(=O)CNCc1cc(Br)cs1. The molecule has 1 heterocycles. The van der Waals surface area contributed by atoms with Crippen LogP contribution >= 0.6 is 27.3 Å². The summed E-state index contributed by atoms with van der Waals surface area (Å²) in [5.41, 5.74) is 0. The Bertz CT molecular complexity index is 287. The van der Waals surface area contributed by atoms with Crippen LogP contribution in [0, 0.1) is 0 Å². The Morgan fingerprint density at radius 3 is 3.00 bits per heavy atom. The summed E-state index contributed by atoms with van der Waals surface area (Å²) in [5, 5.41) is 7.62. The second kappa shape index (κ2) is 5.36. The maximum atomic E-state index is 10.8. The fourth-order valence-electron chi connectivity index (χ4n) is 0.834. The Hall–Kier alpha value is -0.390. The molecule has 0 saturated heterocycles. The fourth-order valence-corrected chi connectivity index (χ4v) is 2.25. The van der Waals surface area contributed by atoms with Gasteiger partial charge in [0.1, 0.15) is 0 Å². The van der Waals surface area contributed by atoms with Crippen LogP contribution in [0.3, 0.4) is 0 Å². The van der Waals surface area contributed by atoms with Gasteiger partial charge in [0.05, 0.1) is 6.54 Å². The number of thiophene rings is 1. The molecule has 2 N–H and O–H groups in total. The lowest BCUT2D eigenvalue weighted by molar-refractivity contribution is -0.119. The summed E-state index contributed by atoms with van der Waals surface area (Å²) in [5.74, 6) is 0.00984. The van der Waals surface area contributed by atoms with Crippen molar-refractivity contribution in [3.05, 3.63) is 20.8 Å². The van der Waals surface area contributed by atoms with Crippen LogP contribution < -0.4 is 10.6 Å². The lowest BCUT2D eigenvalue weighted by Gasteiger charge is -2.00. The first-order chi connectivity index (χ1) is 6.22. The minimum absolute atomic E-state index is 0.00984. The molecule has 3 nitrogen and oxygen atoms in total. The van der Waals surface area contributed by atoms with Gasteiger partial charge in [0, 0.05) is 28.3 Å². The molecule has 0 aliphatic rings. The molecule has 0 radical (unpaired) electrons. The Kier molecular flexibility index (Phi) is 4.41. The van der Waals surface area contributed by atoms with Crippen LogP contribution in [-0.2, 0) is 11.3 Å². The number of amides is 1. The monoisotopic (exact) mass is 262 g/mol. The van der Waals surface area contributed by atoms with Crippen LogP contribution in [0.1, 0.15) is 4.88 Å². The molecule has 0 bridgehead atoms. The zero-order valence-corrected chi connectivity index (χ0v) is 9.67. The molecule has 0 aliphatic heterocycles. The maximum absolute atomic E-state index is 10.8. The van der Waals surface area contributed by atoms with E-state index < -0.39 is 0 Å². The molecule has 0 fully saturated rings. The van der Waals surface area contributed by atoms with Crippen molar-refractivity contribution in [3.8, 4) is 0 Å². The van der Waals surface area contributed by atoms with E-state index in [1.807, 2.05) is 11.4 Å². The quantitative estimate of drug-likeness (QED) is 0.860. The third kappa shape index (κ3) is 3.89. The third-order valence-corrected chi connectivity index (χ3v) is 3.18. The number of carbonyl (C=O) groups is 1. The van der Waals surface area contributed by atoms with Gasteiger partial charge in [0.25, 0.3) is 0 Å². The Morgan fingerprint density at radius 2 is 2.46 bits per heavy atom. The average Bonchev–Trinajstić information content (AvgIpc) is 2.51. The third-order valence-electron chi connectivity index (χ3n) is 1.49. The number of rotatable bonds is 4. The van der Waals surface area contributed by atoms with Crippen molar-refractivity contribution in [2.75, 3.05) is 13.6 Å². The van der Waals surface area contributed by atoms with E-state index in [0.717, 1.165) is 11.0 Å². The molecular formula is C8H11BrN2OS. The van der Waals surface area contributed by atoms with Crippen molar-refractivity contribution in [1.29, 1.82) is 0 Å².